The van der Waals surface area contributed by atoms with E-state index in [0.717, 1.165) is 35.3 Å². The van der Waals surface area contributed by atoms with E-state index in [9.17, 15) is 4.79 Å². The number of carbonyl (C=O) groups excluding carboxylic acids is 1. The quantitative estimate of drug-likeness (QED) is 0.218. The SMILES string of the molecule is CCCCCCCN1C(=O)C(=Cc2cn(-c3ccccc3)nc2-c2ccncc2)SC1=S. The zero-order chi connectivity index (χ0) is 22.3. The van der Waals surface area contributed by atoms with E-state index in [1.165, 1.54) is 31.0 Å². The van der Waals surface area contributed by atoms with Gasteiger partial charge in [0.25, 0.3) is 5.91 Å². The molecule has 0 radical (unpaired) electrons. The van der Waals surface area contributed by atoms with Crippen molar-refractivity contribution in [1.82, 2.24) is 19.7 Å². The lowest BCUT2D eigenvalue weighted by Gasteiger charge is -2.13. The Balaban J connectivity index is 1.61. The van der Waals surface area contributed by atoms with Crippen LogP contribution in [-0.2, 0) is 4.79 Å². The topological polar surface area (TPSA) is 51.0 Å². The Morgan fingerprint density at radius 3 is 2.53 bits per heavy atom. The first-order valence-electron chi connectivity index (χ1n) is 11.0. The molecule has 32 heavy (non-hydrogen) atoms. The van der Waals surface area contributed by atoms with Gasteiger partial charge in [-0.3, -0.25) is 14.7 Å². The number of amides is 1. The number of pyridine rings is 1. The second kappa shape index (κ2) is 10.7. The summed E-state index contributed by atoms with van der Waals surface area (Å²) in [4.78, 5) is 19.6. The van der Waals surface area contributed by atoms with Crippen LogP contribution in [0.25, 0.3) is 23.0 Å². The van der Waals surface area contributed by atoms with Crippen molar-refractivity contribution in [2.24, 2.45) is 0 Å². The van der Waals surface area contributed by atoms with Gasteiger partial charge >= 0.3 is 0 Å². The van der Waals surface area contributed by atoms with Crippen LogP contribution in [0.1, 0.15) is 44.6 Å². The summed E-state index contributed by atoms with van der Waals surface area (Å²) in [5.74, 6) is -0.0105. The molecular formula is C25H26N4OS2. The Kier molecular flexibility index (Phi) is 7.50. The Bertz CT molecular complexity index is 1110. The number of carbonyl (C=O) groups is 1. The van der Waals surface area contributed by atoms with Crippen LogP contribution in [0.4, 0.5) is 0 Å². The molecule has 7 heteroatoms. The average molecular weight is 463 g/mol. The highest BCUT2D eigenvalue weighted by molar-refractivity contribution is 8.26. The smallest absolute Gasteiger partial charge is 0.266 e. The lowest BCUT2D eigenvalue weighted by atomic mass is 10.1. The third-order valence-corrected chi connectivity index (χ3v) is 6.74. The number of aromatic nitrogens is 3. The van der Waals surface area contributed by atoms with E-state index >= 15 is 0 Å². The largest absolute Gasteiger partial charge is 0.293 e. The van der Waals surface area contributed by atoms with Gasteiger partial charge in [-0.15, -0.1) is 0 Å². The van der Waals surface area contributed by atoms with Gasteiger partial charge in [-0.2, -0.15) is 5.10 Å². The zero-order valence-electron chi connectivity index (χ0n) is 18.1. The first kappa shape index (κ1) is 22.4. The summed E-state index contributed by atoms with van der Waals surface area (Å²) in [6.07, 6.45) is 13.1. The predicted molar refractivity (Wildman–Crippen MR) is 135 cm³/mol. The number of hydrogen-bond acceptors (Lipinski definition) is 5. The highest BCUT2D eigenvalue weighted by atomic mass is 32.2. The molecule has 0 N–H and O–H groups in total. The van der Waals surface area contributed by atoms with E-state index in [1.807, 2.05) is 59.4 Å². The number of para-hydroxylation sites is 1. The maximum absolute atomic E-state index is 13.1. The van der Waals surface area contributed by atoms with E-state index in [1.54, 1.807) is 17.3 Å². The van der Waals surface area contributed by atoms with Gasteiger partial charge in [0, 0.05) is 36.3 Å². The molecule has 1 saturated heterocycles. The van der Waals surface area contributed by atoms with Crippen molar-refractivity contribution in [3.8, 4) is 16.9 Å². The lowest BCUT2D eigenvalue weighted by molar-refractivity contribution is -0.122. The van der Waals surface area contributed by atoms with Crippen LogP contribution in [0.5, 0.6) is 0 Å². The molecule has 0 bridgehead atoms. The van der Waals surface area contributed by atoms with Crippen molar-refractivity contribution in [2.75, 3.05) is 6.54 Å². The Morgan fingerprint density at radius 2 is 1.78 bits per heavy atom. The van der Waals surface area contributed by atoms with Gasteiger partial charge < -0.3 is 0 Å². The minimum Gasteiger partial charge on any atom is -0.293 e. The summed E-state index contributed by atoms with van der Waals surface area (Å²) in [6, 6.07) is 13.8. The highest BCUT2D eigenvalue weighted by Gasteiger charge is 2.32. The summed E-state index contributed by atoms with van der Waals surface area (Å²) >= 11 is 6.89. The Hall–Kier alpha value is -2.77. The fourth-order valence-electron chi connectivity index (χ4n) is 3.65. The van der Waals surface area contributed by atoms with Gasteiger partial charge in [0.15, 0.2) is 0 Å². The third-order valence-electron chi connectivity index (χ3n) is 5.36. The van der Waals surface area contributed by atoms with Gasteiger partial charge in [0.2, 0.25) is 0 Å². The van der Waals surface area contributed by atoms with Crippen molar-refractivity contribution in [3.05, 3.63) is 71.5 Å². The number of benzene rings is 1. The molecule has 1 fully saturated rings. The molecule has 0 spiro atoms. The van der Waals surface area contributed by atoms with Crippen LogP contribution >= 0.6 is 24.0 Å². The maximum Gasteiger partial charge on any atom is 0.266 e. The monoisotopic (exact) mass is 462 g/mol. The predicted octanol–water partition coefficient (Wildman–Crippen LogP) is 6.11. The minimum absolute atomic E-state index is 0.0105. The molecule has 3 heterocycles. The number of unbranched alkanes of at least 4 members (excludes halogenated alkanes) is 4. The normalized spacial score (nSPS) is 15.2. The highest BCUT2D eigenvalue weighted by Crippen LogP contribution is 2.35. The van der Waals surface area contributed by atoms with Gasteiger partial charge in [-0.05, 0) is 36.8 Å². The van der Waals surface area contributed by atoms with Crippen LogP contribution < -0.4 is 0 Å². The second-order valence-electron chi connectivity index (χ2n) is 7.70. The molecule has 1 aromatic carbocycles. The van der Waals surface area contributed by atoms with Gasteiger partial charge in [0.05, 0.1) is 10.6 Å². The van der Waals surface area contributed by atoms with E-state index in [4.69, 9.17) is 17.3 Å². The van der Waals surface area contributed by atoms with Gasteiger partial charge in [0.1, 0.15) is 10.0 Å². The minimum atomic E-state index is -0.0105. The number of thioether (sulfide) groups is 1. The van der Waals surface area contributed by atoms with E-state index in [-0.39, 0.29) is 5.91 Å². The molecule has 3 aromatic rings. The molecule has 1 aliphatic rings. The molecule has 5 nitrogen and oxygen atoms in total. The van der Waals surface area contributed by atoms with Gasteiger partial charge in [-0.1, -0.05) is 74.8 Å². The van der Waals surface area contributed by atoms with Crippen LogP contribution in [0.15, 0.2) is 66.0 Å². The summed E-state index contributed by atoms with van der Waals surface area (Å²) in [7, 11) is 0. The van der Waals surface area contributed by atoms with Crippen LogP contribution in [0, 0.1) is 0 Å². The molecule has 0 saturated carbocycles. The van der Waals surface area contributed by atoms with Crippen molar-refractivity contribution in [1.29, 1.82) is 0 Å². The summed E-state index contributed by atoms with van der Waals surface area (Å²) in [5.41, 5.74) is 3.60. The maximum atomic E-state index is 13.1. The van der Waals surface area contributed by atoms with E-state index in [2.05, 4.69) is 11.9 Å². The number of nitrogens with zero attached hydrogens (tertiary/aromatic N) is 4. The molecule has 0 atom stereocenters. The standard InChI is InChI=1S/C25H26N4OS2/c1-2-3-4-5-9-16-28-24(30)22(32-25(28)31)17-20-18-29(21-10-7-6-8-11-21)27-23(20)19-12-14-26-15-13-19/h6-8,10-15,17-18H,2-5,9,16H2,1H3. The lowest BCUT2D eigenvalue weighted by Crippen LogP contribution is -2.29. The first-order valence-corrected chi connectivity index (χ1v) is 12.2. The van der Waals surface area contributed by atoms with Crippen molar-refractivity contribution in [3.63, 3.8) is 0 Å². The molecule has 1 amide bonds. The molecule has 0 aliphatic carbocycles. The molecule has 1 aliphatic heterocycles. The summed E-state index contributed by atoms with van der Waals surface area (Å²) in [5, 5.41) is 4.81. The van der Waals surface area contributed by atoms with Crippen molar-refractivity contribution in [2.45, 2.75) is 39.0 Å². The first-order chi connectivity index (χ1) is 15.7. The van der Waals surface area contributed by atoms with Crippen LogP contribution in [-0.4, -0.2) is 36.4 Å². The molecule has 164 valence electrons. The van der Waals surface area contributed by atoms with Crippen molar-refractivity contribution < 1.29 is 4.79 Å². The fourth-order valence-corrected chi connectivity index (χ4v) is 4.95. The Morgan fingerprint density at radius 1 is 1.03 bits per heavy atom. The number of thiocarbonyl (C=S) groups is 1. The summed E-state index contributed by atoms with van der Waals surface area (Å²) < 4.78 is 2.48. The zero-order valence-corrected chi connectivity index (χ0v) is 19.7. The van der Waals surface area contributed by atoms with Gasteiger partial charge in [-0.25, -0.2) is 4.68 Å². The Labute approximate surface area is 198 Å². The second-order valence-corrected chi connectivity index (χ2v) is 9.37. The molecule has 2 aromatic heterocycles. The average Bonchev–Trinajstić information content (AvgIpc) is 3.36. The molecular weight excluding hydrogens is 436 g/mol. The number of rotatable bonds is 9. The summed E-state index contributed by atoms with van der Waals surface area (Å²) in [6.45, 7) is 2.89. The van der Waals surface area contributed by atoms with E-state index in [0.29, 0.717) is 15.8 Å². The molecule has 0 unspecified atom stereocenters. The molecule has 4 rings (SSSR count). The van der Waals surface area contributed by atoms with Crippen molar-refractivity contribution >= 4 is 40.3 Å². The van der Waals surface area contributed by atoms with Crippen LogP contribution in [0.2, 0.25) is 0 Å². The van der Waals surface area contributed by atoms with E-state index < -0.39 is 0 Å². The third kappa shape index (κ3) is 5.16. The van der Waals surface area contributed by atoms with Crippen LogP contribution in [0.3, 0.4) is 0 Å². The fraction of sp³-hybridized carbons (Fsp3) is 0.280. The number of hydrogen-bond donors (Lipinski definition) is 0.